The third kappa shape index (κ3) is 3.47. The molecule has 0 fully saturated rings. The summed E-state index contributed by atoms with van der Waals surface area (Å²) >= 11 is 4.80. The molecule has 3 aromatic rings. The fraction of sp³-hybridized carbons (Fsp3) is 0.176. The largest absolute Gasteiger partial charge is 0.469 e. The smallest absolute Gasteiger partial charge is 0.192 e. The molecule has 1 aromatic carbocycles. The third-order valence-corrected chi connectivity index (χ3v) is 5.00. The van der Waals surface area contributed by atoms with Crippen molar-refractivity contribution in [2.45, 2.75) is 24.4 Å². The van der Waals surface area contributed by atoms with Crippen LogP contribution in [0, 0.1) is 12.7 Å². The van der Waals surface area contributed by atoms with E-state index >= 15 is 0 Å². The first-order chi connectivity index (χ1) is 11.6. The monoisotopic (exact) mass is 407 g/mol. The van der Waals surface area contributed by atoms with Crippen molar-refractivity contribution in [3.63, 3.8) is 0 Å². The van der Waals surface area contributed by atoms with Crippen LogP contribution < -0.4 is 0 Å². The Kier molecular flexibility index (Phi) is 5.20. The first-order valence-corrected chi connectivity index (χ1v) is 9.03. The average Bonchev–Trinajstić information content (AvgIpc) is 3.15. The van der Waals surface area contributed by atoms with Gasteiger partial charge in [0.25, 0.3) is 0 Å². The molecule has 3 rings (SSSR count). The van der Waals surface area contributed by atoms with Gasteiger partial charge in [-0.25, -0.2) is 4.39 Å². The highest BCUT2D eigenvalue weighted by Gasteiger charge is 2.17. The SMILES string of the molecule is C=CCn1c(SCc2cc(Br)ccc2F)nnc1-c1ccoc1C. The Balaban J connectivity index is 1.88. The first kappa shape index (κ1) is 17.0. The second-order valence-electron chi connectivity index (χ2n) is 5.12. The molecule has 7 heteroatoms. The lowest BCUT2D eigenvalue weighted by Crippen LogP contribution is -2.01. The van der Waals surface area contributed by atoms with Gasteiger partial charge in [0.05, 0.1) is 11.8 Å². The third-order valence-electron chi connectivity index (χ3n) is 3.49. The average molecular weight is 408 g/mol. The van der Waals surface area contributed by atoms with E-state index in [1.165, 1.54) is 17.8 Å². The van der Waals surface area contributed by atoms with Gasteiger partial charge in [0.2, 0.25) is 0 Å². The van der Waals surface area contributed by atoms with Crippen LogP contribution in [0.25, 0.3) is 11.4 Å². The molecular weight excluding hydrogens is 393 g/mol. The summed E-state index contributed by atoms with van der Waals surface area (Å²) in [5.74, 6) is 1.73. The summed E-state index contributed by atoms with van der Waals surface area (Å²) in [6, 6.07) is 6.78. The second kappa shape index (κ2) is 7.36. The van der Waals surface area contributed by atoms with Crippen molar-refractivity contribution in [1.29, 1.82) is 0 Å². The predicted molar refractivity (Wildman–Crippen MR) is 96.3 cm³/mol. The van der Waals surface area contributed by atoms with Gasteiger partial charge in [-0.2, -0.15) is 0 Å². The van der Waals surface area contributed by atoms with Gasteiger partial charge in [-0.3, -0.25) is 4.57 Å². The molecule has 0 bridgehead atoms. The van der Waals surface area contributed by atoms with Crippen molar-refractivity contribution in [1.82, 2.24) is 14.8 Å². The van der Waals surface area contributed by atoms with Crippen molar-refractivity contribution >= 4 is 27.7 Å². The summed E-state index contributed by atoms with van der Waals surface area (Å²) in [6.45, 7) is 6.24. The van der Waals surface area contributed by atoms with E-state index in [0.29, 0.717) is 23.0 Å². The fourth-order valence-corrected chi connectivity index (χ4v) is 3.63. The molecule has 0 aliphatic rings. The van der Waals surface area contributed by atoms with Crippen molar-refractivity contribution in [2.75, 3.05) is 0 Å². The molecule has 124 valence electrons. The minimum absolute atomic E-state index is 0.230. The van der Waals surface area contributed by atoms with E-state index < -0.39 is 0 Å². The van der Waals surface area contributed by atoms with Gasteiger partial charge in [0.15, 0.2) is 11.0 Å². The zero-order valence-corrected chi connectivity index (χ0v) is 15.4. The number of rotatable bonds is 6. The molecule has 0 aliphatic carbocycles. The molecule has 0 spiro atoms. The van der Waals surface area contributed by atoms with E-state index in [9.17, 15) is 4.39 Å². The van der Waals surface area contributed by atoms with E-state index in [1.807, 2.05) is 17.6 Å². The standard InChI is InChI=1S/C17H15BrFN3OS/c1-3-7-22-16(14-6-8-23-11(14)2)20-21-17(22)24-10-12-9-13(18)4-5-15(12)19/h3-6,8-9H,1,7,10H2,2H3. The highest BCUT2D eigenvalue weighted by atomic mass is 79.9. The lowest BCUT2D eigenvalue weighted by Gasteiger charge is -2.08. The number of nitrogens with zero attached hydrogens (tertiary/aromatic N) is 3. The Labute approximate surface area is 151 Å². The second-order valence-corrected chi connectivity index (χ2v) is 6.98. The number of aromatic nitrogens is 3. The summed E-state index contributed by atoms with van der Waals surface area (Å²) < 4.78 is 22.0. The summed E-state index contributed by atoms with van der Waals surface area (Å²) in [5.41, 5.74) is 1.51. The van der Waals surface area contributed by atoms with Crippen molar-refractivity contribution in [3.05, 3.63) is 64.8 Å². The Morgan fingerprint density at radius 1 is 1.38 bits per heavy atom. The van der Waals surface area contributed by atoms with Crippen LogP contribution in [0.1, 0.15) is 11.3 Å². The number of hydrogen-bond donors (Lipinski definition) is 0. The molecule has 0 atom stereocenters. The Morgan fingerprint density at radius 3 is 2.92 bits per heavy atom. The van der Waals surface area contributed by atoms with Crippen molar-refractivity contribution in [2.24, 2.45) is 0 Å². The van der Waals surface area contributed by atoms with Gasteiger partial charge >= 0.3 is 0 Å². The van der Waals surface area contributed by atoms with Gasteiger partial charge in [-0.1, -0.05) is 33.8 Å². The number of benzene rings is 1. The van der Waals surface area contributed by atoms with Gasteiger partial charge in [0, 0.05) is 16.8 Å². The van der Waals surface area contributed by atoms with E-state index in [1.54, 1.807) is 24.5 Å². The Morgan fingerprint density at radius 2 is 2.21 bits per heavy atom. The molecule has 2 aromatic heterocycles. The lowest BCUT2D eigenvalue weighted by atomic mass is 10.2. The van der Waals surface area contributed by atoms with E-state index in [0.717, 1.165) is 21.6 Å². The molecule has 0 aliphatic heterocycles. The lowest BCUT2D eigenvalue weighted by molar-refractivity contribution is 0.534. The molecule has 4 nitrogen and oxygen atoms in total. The minimum Gasteiger partial charge on any atom is -0.469 e. The molecule has 0 saturated carbocycles. The Bertz CT molecular complexity index is 875. The topological polar surface area (TPSA) is 43.9 Å². The molecule has 0 unspecified atom stereocenters. The van der Waals surface area contributed by atoms with Crippen molar-refractivity contribution < 1.29 is 8.81 Å². The van der Waals surface area contributed by atoms with Gasteiger partial charge in [0.1, 0.15) is 11.6 Å². The fourth-order valence-electron chi connectivity index (χ4n) is 2.30. The number of furan rings is 1. The molecule has 24 heavy (non-hydrogen) atoms. The summed E-state index contributed by atoms with van der Waals surface area (Å²) in [4.78, 5) is 0. The zero-order chi connectivity index (χ0) is 17.1. The van der Waals surface area contributed by atoms with Crippen LogP contribution in [0.15, 0.2) is 57.2 Å². The molecule has 0 saturated heterocycles. The number of halogens is 2. The zero-order valence-electron chi connectivity index (χ0n) is 13.0. The number of hydrogen-bond acceptors (Lipinski definition) is 4. The maximum atomic E-state index is 13.9. The van der Waals surface area contributed by atoms with Crippen molar-refractivity contribution in [3.8, 4) is 11.4 Å². The summed E-state index contributed by atoms with van der Waals surface area (Å²) in [6.07, 6.45) is 3.41. The van der Waals surface area contributed by atoms with Crippen LogP contribution in [-0.2, 0) is 12.3 Å². The predicted octanol–water partition coefficient (Wildman–Crippen LogP) is 5.23. The highest BCUT2D eigenvalue weighted by Crippen LogP contribution is 2.29. The highest BCUT2D eigenvalue weighted by molar-refractivity contribution is 9.10. The minimum atomic E-state index is -0.230. The summed E-state index contributed by atoms with van der Waals surface area (Å²) in [7, 11) is 0. The summed E-state index contributed by atoms with van der Waals surface area (Å²) in [5, 5.41) is 9.24. The van der Waals surface area contributed by atoms with Crippen LogP contribution in [0.5, 0.6) is 0 Å². The normalized spacial score (nSPS) is 11.0. The maximum Gasteiger partial charge on any atom is 0.192 e. The number of aryl methyl sites for hydroxylation is 1. The molecular formula is C17H15BrFN3OS. The number of allylic oxidation sites excluding steroid dienone is 1. The molecule has 0 radical (unpaired) electrons. The maximum absolute atomic E-state index is 13.9. The number of thioether (sulfide) groups is 1. The van der Waals surface area contributed by atoms with E-state index in [4.69, 9.17) is 4.42 Å². The quantitative estimate of drug-likeness (QED) is 0.414. The van der Waals surface area contributed by atoms with Crippen LogP contribution in [0.3, 0.4) is 0 Å². The Hall–Kier alpha value is -1.86. The van der Waals surface area contributed by atoms with Crippen LogP contribution in [0.2, 0.25) is 0 Å². The van der Waals surface area contributed by atoms with Gasteiger partial charge in [-0.15, -0.1) is 16.8 Å². The van der Waals surface area contributed by atoms with Crippen LogP contribution >= 0.6 is 27.7 Å². The first-order valence-electron chi connectivity index (χ1n) is 7.25. The van der Waals surface area contributed by atoms with Crippen LogP contribution in [0.4, 0.5) is 4.39 Å². The van der Waals surface area contributed by atoms with Gasteiger partial charge in [-0.05, 0) is 36.8 Å². The van der Waals surface area contributed by atoms with E-state index in [-0.39, 0.29) is 5.82 Å². The molecule has 2 heterocycles. The van der Waals surface area contributed by atoms with E-state index in [2.05, 4.69) is 32.7 Å². The molecule has 0 N–H and O–H groups in total. The molecule has 0 amide bonds. The van der Waals surface area contributed by atoms with Crippen LogP contribution in [-0.4, -0.2) is 14.8 Å². The van der Waals surface area contributed by atoms with Gasteiger partial charge < -0.3 is 4.42 Å².